The highest BCUT2D eigenvalue weighted by Gasteiger charge is 2.24. The van der Waals surface area contributed by atoms with Crippen LogP contribution >= 0.6 is 0 Å². The van der Waals surface area contributed by atoms with Crippen molar-refractivity contribution in [2.75, 3.05) is 6.54 Å². The summed E-state index contributed by atoms with van der Waals surface area (Å²) in [6, 6.07) is 4.98. The third-order valence-electron chi connectivity index (χ3n) is 4.38. The molecule has 0 spiro atoms. The molecule has 1 aliphatic rings. The molecule has 0 fully saturated rings. The minimum Gasteiger partial charge on any atom is -0.349 e. The molecule has 5 heteroatoms. The van der Waals surface area contributed by atoms with E-state index in [2.05, 4.69) is 26.3 Å². The van der Waals surface area contributed by atoms with E-state index in [0.717, 1.165) is 44.5 Å². The van der Waals surface area contributed by atoms with E-state index in [1.807, 2.05) is 24.7 Å². The number of aromatic amines is 1. The van der Waals surface area contributed by atoms with Crippen LogP contribution in [0.3, 0.4) is 0 Å². The number of imidazole rings is 1. The van der Waals surface area contributed by atoms with Gasteiger partial charge in [0, 0.05) is 37.1 Å². The molecule has 2 unspecified atom stereocenters. The SMILES string of the molecule is NCCCC(Cc1ncc[nH]1)NC1CCCc2cccnc21. The van der Waals surface area contributed by atoms with Gasteiger partial charge in [-0.1, -0.05) is 6.07 Å². The molecule has 0 amide bonds. The van der Waals surface area contributed by atoms with E-state index < -0.39 is 0 Å². The van der Waals surface area contributed by atoms with Crippen LogP contribution in [-0.2, 0) is 12.8 Å². The first kappa shape index (κ1) is 15.2. The lowest BCUT2D eigenvalue weighted by Gasteiger charge is -2.29. The van der Waals surface area contributed by atoms with Crippen LogP contribution in [0.15, 0.2) is 30.7 Å². The van der Waals surface area contributed by atoms with E-state index in [1.54, 1.807) is 0 Å². The molecule has 118 valence electrons. The summed E-state index contributed by atoms with van der Waals surface area (Å²) in [5.74, 6) is 1.03. The number of rotatable bonds is 7. The molecule has 3 rings (SSSR count). The van der Waals surface area contributed by atoms with Crippen molar-refractivity contribution < 1.29 is 0 Å². The zero-order valence-electron chi connectivity index (χ0n) is 13.0. The predicted molar refractivity (Wildman–Crippen MR) is 87.4 cm³/mol. The number of aromatic nitrogens is 3. The quantitative estimate of drug-likeness (QED) is 0.731. The van der Waals surface area contributed by atoms with E-state index in [1.165, 1.54) is 17.7 Å². The molecule has 2 heterocycles. The third kappa shape index (κ3) is 3.72. The number of nitrogens with zero attached hydrogens (tertiary/aromatic N) is 2. The van der Waals surface area contributed by atoms with Gasteiger partial charge in [-0.25, -0.2) is 4.98 Å². The van der Waals surface area contributed by atoms with E-state index >= 15 is 0 Å². The average Bonchev–Trinajstić information content (AvgIpc) is 3.06. The van der Waals surface area contributed by atoms with Crippen molar-refractivity contribution in [2.24, 2.45) is 5.73 Å². The van der Waals surface area contributed by atoms with Crippen molar-refractivity contribution in [3.05, 3.63) is 47.8 Å². The molecule has 0 saturated carbocycles. The maximum atomic E-state index is 5.70. The number of hydrogen-bond donors (Lipinski definition) is 3. The molecular weight excluding hydrogens is 274 g/mol. The first-order chi connectivity index (χ1) is 10.9. The molecule has 0 bridgehead atoms. The molecule has 4 N–H and O–H groups in total. The number of hydrogen-bond acceptors (Lipinski definition) is 4. The van der Waals surface area contributed by atoms with Gasteiger partial charge in [0.15, 0.2) is 0 Å². The zero-order chi connectivity index (χ0) is 15.2. The average molecular weight is 299 g/mol. The Morgan fingerprint density at radius 3 is 3.14 bits per heavy atom. The van der Waals surface area contributed by atoms with Gasteiger partial charge in [-0.2, -0.15) is 0 Å². The molecule has 0 saturated heterocycles. The topological polar surface area (TPSA) is 79.6 Å². The third-order valence-corrected chi connectivity index (χ3v) is 4.38. The molecule has 22 heavy (non-hydrogen) atoms. The Morgan fingerprint density at radius 2 is 2.32 bits per heavy atom. The van der Waals surface area contributed by atoms with E-state index in [0.29, 0.717) is 12.1 Å². The summed E-state index contributed by atoms with van der Waals surface area (Å²) in [6.07, 6.45) is 12.1. The fourth-order valence-electron chi connectivity index (χ4n) is 3.31. The summed E-state index contributed by atoms with van der Waals surface area (Å²) in [7, 11) is 0. The van der Waals surface area contributed by atoms with Crippen molar-refractivity contribution >= 4 is 0 Å². The second-order valence-electron chi connectivity index (χ2n) is 6.03. The Hall–Kier alpha value is -1.72. The Morgan fingerprint density at radius 1 is 1.36 bits per heavy atom. The van der Waals surface area contributed by atoms with Crippen molar-refractivity contribution in [1.29, 1.82) is 0 Å². The molecule has 2 atom stereocenters. The first-order valence-corrected chi connectivity index (χ1v) is 8.25. The van der Waals surface area contributed by atoms with Crippen LogP contribution in [0, 0.1) is 0 Å². The summed E-state index contributed by atoms with van der Waals surface area (Å²) < 4.78 is 0. The Kier molecular flexibility index (Phi) is 5.19. The smallest absolute Gasteiger partial charge is 0.107 e. The van der Waals surface area contributed by atoms with Crippen LogP contribution in [-0.4, -0.2) is 27.5 Å². The van der Waals surface area contributed by atoms with Crippen molar-refractivity contribution in [2.45, 2.75) is 50.6 Å². The van der Waals surface area contributed by atoms with Gasteiger partial charge in [0.25, 0.3) is 0 Å². The highest BCUT2D eigenvalue weighted by molar-refractivity contribution is 5.25. The lowest BCUT2D eigenvalue weighted by Crippen LogP contribution is -2.37. The van der Waals surface area contributed by atoms with Crippen LogP contribution < -0.4 is 11.1 Å². The Balaban J connectivity index is 1.70. The maximum Gasteiger partial charge on any atom is 0.107 e. The minimum atomic E-state index is 0.350. The number of pyridine rings is 1. The monoisotopic (exact) mass is 299 g/mol. The van der Waals surface area contributed by atoms with Gasteiger partial charge in [-0.3, -0.25) is 4.98 Å². The van der Waals surface area contributed by atoms with Gasteiger partial charge < -0.3 is 16.0 Å². The highest BCUT2D eigenvalue weighted by Crippen LogP contribution is 2.28. The molecule has 2 aromatic rings. The molecule has 1 aliphatic carbocycles. The number of H-pyrrole nitrogens is 1. The summed E-state index contributed by atoms with van der Waals surface area (Å²) in [5.41, 5.74) is 8.31. The summed E-state index contributed by atoms with van der Waals surface area (Å²) in [5, 5.41) is 3.81. The maximum absolute atomic E-state index is 5.70. The molecule has 2 aromatic heterocycles. The van der Waals surface area contributed by atoms with Gasteiger partial charge in [0.2, 0.25) is 0 Å². The van der Waals surface area contributed by atoms with Gasteiger partial charge in [-0.15, -0.1) is 0 Å². The van der Waals surface area contributed by atoms with Crippen molar-refractivity contribution in [3.63, 3.8) is 0 Å². The van der Waals surface area contributed by atoms with Crippen LogP contribution in [0.2, 0.25) is 0 Å². The second kappa shape index (κ2) is 7.51. The van der Waals surface area contributed by atoms with E-state index in [4.69, 9.17) is 5.73 Å². The largest absolute Gasteiger partial charge is 0.349 e. The van der Waals surface area contributed by atoms with E-state index in [9.17, 15) is 0 Å². The zero-order valence-corrected chi connectivity index (χ0v) is 13.0. The van der Waals surface area contributed by atoms with Gasteiger partial charge >= 0.3 is 0 Å². The standard InChI is InChI=1S/C17H25N5/c18-8-2-6-14(12-16-19-10-11-20-16)22-15-7-1-4-13-5-3-9-21-17(13)15/h3,5,9-11,14-15,22H,1-2,4,6-8,12,18H2,(H,19,20). The number of aryl methyl sites for hydroxylation is 1. The van der Waals surface area contributed by atoms with Crippen LogP contribution in [0.4, 0.5) is 0 Å². The number of fused-ring (bicyclic) bond motifs is 1. The highest BCUT2D eigenvalue weighted by atomic mass is 15.0. The van der Waals surface area contributed by atoms with Crippen LogP contribution in [0.1, 0.15) is 48.8 Å². The second-order valence-corrected chi connectivity index (χ2v) is 6.03. The predicted octanol–water partition coefficient (Wildman–Crippen LogP) is 2.12. The summed E-state index contributed by atoms with van der Waals surface area (Å²) in [4.78, 5) is 12.2. The molecule has 0 aromatic carbocycles. The normalized spacial score (nSPS) is 18.9. The minimum absolute atomic E-state index is 0.350. The lowest BCUT2D eigenvalue weighted by molar-refractivity contribution is 0.363. The van der Waals surface area contributed by atoms with Crippen molar-refractivity contribution in [3.8, 4) is 0 Å². The van der Waals surface area contributed by atoms with Crippen LogP contribution in [0.5, 0.6) is 0 Å². The number of nitrogens with one attached hydrogen (secondary N) is 2. The van der Waals surface area contributed by atoms with Crippen LogP contribution in [0.25, 0.3) is 0 Å². The number of nitrogens with two attached hydrogens (primary N) is 1. The first-order valence-electron chi connectivity index (χ1n) is 8.25. The molecule has 0 aliphatic heterocycles. The summed E-state index contributed by atoms with van der Waals surface area (Å²) >= 11 is 0. The van der Waals surface area contributed by atoms with E-state index in [-0.39, 0.29) is 0 Å². The van der Waals surface area contributed by atoms with Gasteiger partial charge in [-0.05, 0) is 50.3 Å². The molecule has 0 radical (unpaired) electrons. The fourth-order valence-corrected chi connectivity index (χ4v) is 3.31. The lowest BCUT2D eigenvalue weighted by atomic mass is 9.91. The Labute approximate surface area is 131 Å². The Bertz CT molecular complexity index is 566. The summed E-state index contributed by atoms with van der Waals surface area (Å²) in [6.45, 7) is 0.732. The van der Waals surface area contributed by atoms with Gasteiger partial charge in [0.05, 0.1) is 5.69 Å². The van der Waals surface area contributed by atoms with Crippen molar-refractivity contribution in [1.82, 2.24) is 20.3 Å². The van der Waals surface area contributed by atoms with Gasteiger partial charge in [0.1, 0.15) is 5.82 Å². The molecular formula is C17H25N5. The fraction of sp³-hybridized carbons (Fsp3) is 0.529. The molecule has 5 nitrogen and oxygen atoms in total.